The normalized spacial score (nSPS) is 4.75. The van der Waals surface area contributed by atoms with Crippen LogP contribution in [0.25, 0.3) is 0 Å². The van der Waals surface area contributed by atoms with Gasteiger partial charge in [-0.15, -0.1) is 0 Å². The van der Waals surface area contributed by atoms with Crippen molar-refractivity contribution in [3.8, 4) is 0 Å². The Balaban J connectivity index is -0.0000000575. The summed E-state index contributed by atoms with van der Waals surface area (Å²) in [4.78, 5) is 0. The molecule has 0 aliphatic heterocycles. The minimum atomic E-state index is -2.27. The van der Waals surface area contributed by atoms with Crippen molar-refractivity contribution in [3.63, 3.8) is 0 Å². The molecule has 0 spiro atoms. The van der Waals surface area contributed by atoms with E-state index in [1.807, 2.05) is 0 Å². The van der Waals surface area contributed by atoms with Crippen LogP contribution in [-0.2, 0) is 49.9 Å². The van der Waals surface area contributed by atoms with Crippen molar-refractivity contribution in [1.82, 2.24) is 0 Å². The van der Waals surface area contributed by atoms with Crippen LogP contribution in [0, 0.1) is 0 Å². The zero-order valence-electron chi connectivity index (χ0n) is 5.05. The Hall–Kier alpha value is 1.17. The second kappa shape index (κ2) is 24.2. The van der Waals surface area contributed by atoms with Crippen LogP contribution in [0.15, 0.2) is 0 Å². The van der Waals surface area contributed by atoms with Gasteiger partial charge in [0.2, 0.25) is 0 Å². The summed E-state index contributed by atoms with van der Waals surface area (Å²) in [5, 5.41) is 0. The molecule has 0 N–H and O–H groups in total. The summed E-state index contributed by atoms with van der Waals surface area (Å²) in [5.74, 6) is 0. The van der Waals surface area contributed by atoms with Crippen LogP contribution in [0.5, 0.6) is 0 Å². The minimum Gasteiger partial charge on any atom is 0 e. The van der Waals surface area contributed by atoms with Crippen molar-refractivity contribution >= 4 is 0 Å². The molecule has 0 fully saturated rings. The van der Waals surface area contributed by atoms with Gasteiger partial charge in [-0.1, -0.05) is 26.7 Å². The third-order valence-corrected chi connectivity index (χ3v) is 0.500. The van der Waals surface area contributed by atoms with Crippen molar-refractivity contribution in [1.29, 1.82) is 0 Å². The van der Waals surface area contributed by atoms with Crippen molar-refractivity contribution in [2.45, 2.75) is 26.7 Å². The van der Waals surface area contributed by atoms with Gasteiger partial charge < -0.3 is 0 Å². The fourth-order valence-electron chi connectivity index (χ4n) is 0. The molecule has 0 aromatic rings. The van der Waals surface area contributed by atoms with Crippen molar-refractivity contribution < 1.29 is 49.9 Å². The zero-order valence-corrected chi connectivity index (χ0v) is 9.78. The van der Waals surface area contributed by atoms with Crippen LogP contribution in [0.4, 0.5) is 0 Å². The molecule has 0 rings (SSSR count). The van der Waals surface area contributed by atoms with Crippen LogP contribution in [0.2, 0.25) is 0 Å². The van der Waals surface area contributed by atoms with E-state index in [1.165, 1.54) is 12.8 Å². The topological polar surface area (TPSA) is 34.1 Å². The first-order valence-electron chi connectivity index (χ1n) is 2.32. The zero-order chi connectivity index (χ0) is 6.12. The van der Waals surface area contributed by atoms with E-state index in [1.54, 1.807) is 0 Å². The van der Waals surface area contributed by atoms with Gasteiger partial charge in [0.15, 0.2) is 0 Å². The Morgan fingerprint density at radius 1 is 1.12 bits per heavy atom. The second-order valence-corrected chi connectivity index (χ2v) is 1.49. The summed E-state index contributed by atoms with van der Waals surface area (Å²) < 4.78 is 17.1. The molecule has 0 aromatic carbocycles. The van der Waals surface area contributed by atoms with Gasteiger partial charge in [0.05, 0.1) is 0 Å². The maximum absolute atomic E-state index is 8.54. The molecule has 0 unspecified atom stereocenters. The Labute approximate surface area is 76.1 Å². The molecule has 52 valence electrons. The molecular weight excluding hydrogens is 366 g/mol. The third kappa shape index (κ3) is 57.9. The molecule has 0 heterocycles. The summed E-state index contributed by atoms with van der Waals surface area (Å²) in [6, 6.07) is 0. The molecular formula is C4H10O2PtZr. The van der Waals surface area contributed by atoms with Crippen molar-refractivity contribution in [3.05, 3.63) is 0 Å². The molecule has 0 radical (unpaired) electrons. The molecule has 4 heteroatoms. The SMILES string of the molecule is CCCC.[O]=[Zr]=[O].[Pt]. The van der Waals surface area contributed by atoms with Crippen LogP contribution < -0.4 is 0 Å². The molecule has 0 aliphatic rings. The molecule has 0 atom stereocenters. The van der Waals surface area contributed by atoms with Gasteiger partial charge in [0.1, 0.15) is 0 Å². The Morgan fingerprint density at radius 2 is 1.25 bits per heavy atom. The van der Waals surface area contributed by atoms with E-state index in [-0.39, 0.29) is 21.1 Å². The Morgan fingerprint density at radius 3 is 1.25 bits per heavy atom. The van der Waals surface area contributed by atoms with E-state index in [4.69, 9.17) is 5.63 Å². The van der Waals surface area contributed by atoms with Gasteiger partial charge in [0.25, 0.3) is 0 Å². The van der Waals surface area contributed by atoms with E-state index in [0.717, 1.165) is 0 Å². The van der Waals surface area contributed by atoms with Gasteiger partial charge >= 0.3 is 28.9 Å². The fraction of sp³-hybridized carbons (Fsp3) is 1.00. The monoisotopic (exact) mass is 375 g/mol. The van der Waals surface area contributed by atoms with Crippen LogP contribution in [0.1, 0.15) is 26.7 Å². The summed E-state index contributed by atoms with van der Waals surface area (Å²) in [5.41, 5.74) is 0. The van der Waals surface area contributed by atoms with Crippen molar-refractivity contribution in [2.24, 2.45) is 0 Å². The van der Waals surface area contributed by atoms with Crippen LogP contribution >= 0.6 is 0 Å². The summed E-state index contributed by atoms with van der Waals surface area (Å²) in [6.07, 6.45) is 2.64. The van der Waals surface area contributed by atoms with Crippen molar-refractivity contribution in [2.75, 3.05) is 0 Å². The molecule has 0 saturated carbocycles. The van der Waals surface area contributed by atoms with Crippen LogP contribution in [0.3, 0.4) is 0 Å². The first kappa shape index (κ1) is 16.1. The molecule has 0 bridgehead atoms. The molecule has 0 aliphatic carbocycles. The summed E-state index contributed by atoms with van der Waals surface area (Å²) in [7, 11) is 0. The second-order valence-electron chi connectivity index (χ2n) is 1.08. The first-order valence-corrected chi connectivity index (χ1v) is 4.33. The molecule has 0 amide bonds. The predicted octanol–water partition coefficient (Wildman–Crippen LogP) is 1.56. The largest absolute Gasteiger partial charge is 0 e. The third-order valence-electron chi connectivity index (χ3n) is 0.500. The van der Waals surface area contributed by atoms with Gasteiger partial charge in [-0.05, 0) is 0 Å². The fourth-order valence-corrected chi connectivity index (χ4v) is 0. The Bertz CT molecular complexity index is 50.0. The number of hydrogen-bond donors (Lipinski definition) is 0. The van der Waals surface area contributed by atoms with Gasteiger partial charge in [-0.2, -0.15) is 0 Å². The molecule has 0 aromatic heterocycles. The number of unbranched alkanes of at least 4 members (excludes halogenated alkanes) is 1. The Kier molecular flexibility index (Phi) is 48.5. The van der Waals surface area contributed by atoms with Gasteiger partial charge in [-0.3, -0.25) is 0 Å². The average molecular weight is 376 g/mol. The van der Waals surface area contributed by atoms with E-state index in [2.05, 4.69) is 13.8 Å². The first-order chi connectivity index (χ1) is 3.33. The summed E-state index contributed by atoms with van der Waals surface area (Å²) in [6.45, 7) is 4.36. The summed E-state index contributed by atoms with van der Waals surface area (Å²) >= 11 is -2.27. The molecule has 2 nitrogen and oxygen atoms in total. The maximum atomic E-state index is 8.54. The minimum absolute atomic E-state index is 0. The number of hydrogen-bond acceptors (Lipinski definition) is 2. The van der Waals surface area contributed by atoms with E-state index in [0.29, 0.717) is 0 Å². The molecule has 8 heavy (non-hydrogen) atoms. The smallest absolute Gasteiger partial charge is 0 e. The average Bonchev–Trinajstić information content (AvgIpc) is 1.69. The van der Waals surface area contributed by atoms with E-state index in [9.17, 15) is 0 Å². The molecule has 0 saturated heterocycles. The predicted molar refractivity (Wildman–Crippen MR) is 22.0 cm³/mol. The van der Waals surface area contributed by atoms with Gasteiger partial charge in [0, 0.05) is 21.1 Å². The van der Waals surface area contributed by atoms with E-state index < -0.39 is 23.2 Å². The van der Waals surface area contributed by atoms with Crippen LogP contribution in [-0.4, -0.2) is 0 Å². The van der Waals surface area contributed by atoms with Gasteiger partial charge in [-0.25, -0.2) is 0 Å². The van der Waals surface area contributed by atoms with E-state index >= 15 is 0 Å². The maximum Gasteiger partial charge on any atom is 0 e. The quantitative estimate of drug-likeness (QED) is 0.696. The standard InChI is InChI=1S/C4H10.2O.Pt.Zr/c1-3-4-2;;;;/h3-4H2,1-2H3;;;;. The number of rotatable bonds is 1.